The number of para-hydroxylation sites is 1. The number of benzene rings is 2. The van der Waals surface area contributed by atoms with Crippen LogP contribution in [0.2, 0.25) is 0 Å². The summed E-state index contributed by atoms with van der Waals surface area (Å²) in [6.45, 7) is 0.566. The first-order valence-corrected chi connectivity index (χ1v) is 10.7. The standard InChI is InChI=1S/C22H19N3OS2/c1-25(14-16-10-12-23-13-11-16)21(26)18-8-6-17(7-9-18)15-27-22-24-19-4-2-3-5-20(19)28-22/h2-13H,14-15H2,1H3. The Morgan fingerprint density at radius 1 is 1.00 bits per heavy atom. The van der Waals surface area contributed by atoms with Crippen LogP contribution in [0, 0.1) is 0 Å². The van der Waals surface area contributed by atoms with Gasteiger partial charge < -0.3 is 4.90 Å². The predicted octanol–water partition coefficient (Wildman–Crippen LogP) is 5.26. The third-order valence-corrected chi connectivity index (χ3v) is 6.60. The molecular weight excluding hydrogens is 386 g/mol. The summed E-state index contributed by atoms with van der Waals surface area (Å²) in [5.41, 5.74) is 3.99. The average molecular weight is 406 g/mol. The minimum Gasteiger partial charge on any atom is -0.337 e. The van der Waals surface area contributed by atoms with Crippen molar-refractivity contribution in [3.8, 4) is 0 Å². The molecule has 0 fully saturated rings. The molecular formula is C22H19N3OS2. The number of thiazole rings is 1. The number of rotatable bonds is 6. The van der Waals surface area contributed by atoms with Gasteiger partial charge in [0.05, 0.1) is 10.2 Å². The smallest absolute Gasteiger partial charge is 0.253 e. The zero-order valence-corrected chi connectivity index (χ0v) is 17.0. The van der Waals surface area contributed by atoms with Gasteiger partial charge in [0.2, 0.25) is 0 Å². The van der Waals surface area contributed by atoms with Gasteiger partial charge >= 0.3 is 0 Å². The molecule has 0 N–H and O–H groups in total. The Hall–Kier alpha value is -2.70. The number of thioether (sulfide) groups is 1. The Bertz CT molecular complexity index is 1040. The van der Waals surface area contributed by atoms with Crippen LogP contribution in [-0.2, 0) is 12.3 Å². The number of fused-ring (bicyclic) bond motifs is 1. The molecule has 4 rings (SSSR count). The van der Waals surface area contributed by atoms with Crippen LogP contribution in [0.25, 0.3) is 10.2 Å². The molecule has 1 amide bonds. The lowest BCUT2D eigenvalue weighted by Gasteiger charge is -2.17. The van der Waals surface area contributed by atoms with Crippen molar-refractivity contribution >= 4 is 39.2 Å². The summed E-state index contributed by atoms with van der Waals surface area (Å²) in [4.78, 5) is 23.0. The topological polar surface area (TPSA) is 46.1 Å². The normalized spacial score (nSPS) is 10.9. The Balaban J connectivity index is 1.37. The highest BCUT2D eigenvalue weighted by molar-refractivity contribution is 8.00. The van der Waals surface area contributed by atoms with E-state index in [2.05, 4.69) is 16.0 Å². The second-order valence-corrected chi connectivity index (χ2v) is 8.70. The van der Waals surface area contributed by atoms with Crippen LogP contribution < -0.4 is 0 Å². The van der Waals surface area contributed by atoms with Gasteiger partial charge in [-0.05, 0) is 47.5 Å². The summed E-state index contributed by atoms with van der Waals surface area (Å²) in [6, 6.07) is 19.9. The number of amides is 1. The molecule has 0 bridgehead atoms. The second-order valence-electron chi connectivity index (χ2n) is 6.45. The molecule has 4 nitrogen and oxygen atoms in total. The van der Waals surface area contributed by atoms with Crippen LogP contribution in [-0.4, -0.2) is 27.8 Å². The summed E-state index contributed by atoms with van der Waals surface area (Å²) < 4.78 is 2.28. The Labute approximate surface area is 172 Å². The van der Waals surface area contributed by atoms with Crippen molar-refractivity contribution in [2.24, 2.45) is 0 Å². The molecule has 0 unspecified atom stereocenters. The van der Waals surface area contributed by atoms with E-state index < -0.39 is 0 Å². The van der Waals surface area contributed by atoms with Crippen molar-refractivity contribution in [1.82, 2.24) is 14.9 Å². The highest BCUT2D eigenvalue weighted by Gasteiger charge is 2.12. The number of carbonyl (C=O) groups is 1. The lowest BCUT2D eigenvalue weighted by Crippen LogP contribution is -2.26. The molecule has 0 aliphatic rings. The third-order valence-electron chi connectivity index (χ3n) is 4.35. The maximum atomic E-state index is 12.6. The van der Waals surface area contributed by atoms with Gasteiger partial charge in [-0.1, -0.05) is 36.0 Å². The van der Waals surface area contributed by atoms with Gasteiger partial charge in [0, 0.05) is 37.3 Å². The van der Waals surface area contributed by atoms with E-state index in [-0.39, 0.29) is 5.91 Å². The maximum Gasteiger partial charge on any atom is 0.253 e. The van der Waals surface area contributed by atoms with E-state index in [1.165, 1.54) is 10.3 Å². The molecule has 2 heterocycles. The summed E-state index contributed by atoms with van der Waals surface area (Å²) in [6.07, 6.45) is 3.48. The van der Waals surface area contributed by atoms with E-state index in [0.717, 1.165) is 21.2 Å². The van der Waals surface area contributed by atoms with E-state index in [9.17, 15) is 4.79 Å². The summed E-state index contributed by atoms with van der Waals surface area (Å²) in [7, 11) is 1.82. The number of nitrogens with zero attached hydrogens (tertiary/aromatic N) is 3. The fourth-order valence-electron chi connectivity index (χ4n) is 2.86. The summed E-state index contributed by atoms with van der Waals surface area (Å²) >= 11 is 3.44. The highest BCUT2D eigenvalue weighted by Crippen LogP contribution is 2.31. The van der Waals surface area contributed by atoms with Crippen molar-refractivity contribution in [3.05, 3.63) is 89.7 Å². The molecule has 0 saturated carbocycles. The number of aromatic nitrogens is 2. The molecule has 2 aromatic heterocycles. The molecule has 140 valence electrons. The van der Waals surface area contributed by atoms with Crippen LogP contribution in [0.3, 0.4) is 0 Å². The van der Waals surface area contributed by atoms with Crippen molar-refractivity contribution in [2.45, 2.75) is 16.6 Å². The van der Waals surface area contributed by atoms with Crippen molar-refractivity contribution < 1.29 is 4.79 Å². The highest BCUT2D eigenvalue weighted by atomic mass is 32.2. The van der Waals surface area contributed by atoms with Gasteiger partial charge in [0.25, 0.3) is 5.91 Å². The maximum absolute atomic E-state index is 12.6. The molecule has 0 aliphatic heterocycles. The number of hydrogen-bond acceptors (Lipinski definition) is 5. The zero-order chi connectivity index (χ0) is 19.3. The number of pyridine rings is 1. The molecule has 28 heavy (non-hydrogen) atoms. The van der Waals surface area contributed by atoms with E-state index in [1.54, 1.807) is 40.4 Å². The van der Waals surface area contributed by atoms with Gasteiger partial charge in [-0.2, -0.15) is 0 Å². The summed E-state index contributed by atoms with van der Waals surface area (Å²) in [5, 5.41) is 0. The molecule has 0 saturated heterocycles. The Morgan fingerprint density at radius 2 is 1.75 bits per heavy atom. The molecule has 0 spiro atoms. The predicted molar refractivity (Wildman–Crippen MR) is 116 cm³/mol. The van der Waals surface area contributed by atoms with Crippen molar-refractivity contribution in [2.75, 3.05) is 7.05 Å². The van der Waals surface area contributed by atoms with Crippen LogP contribution in [0.4, 0.5) is 0 Å². The first kappa shape index (κ1) is 18.7. The minimum atomic E-state index is 0.0159. The van der Waals surface area contributed by atoms with Crippen LogP contribution >= 0.6 is 23.1 Å². The largest absolute Gasteiger partial charge is 0.337 e. The number of hydrogen-bond donors (Lipinski definition) is 0. The van der Waals surface area contributed by atoms with E-state index in [1.807, 2.05) is 61.6 Å². The van der Waals surface area contributed by atoms with Crippen LogP contribution in [0.15, 0.2) is 77.4 Å². The first-order valence-electron chi connectivity index (χ1n) is 8.91. The van der Waals surface area contributed by atoms with Gasteiger partial charge in [-0.25, -0.2) is 4.98 Å². The fraction of sp³-hybridized carbons (Fsp3) is 0.136. The third kappa shape index (κ3) is 4.40. The lowest BCUT2D eigenvalue weighted by molar-refractivity contribution is 0.0785. The monoisotopic (exact) mass is 405 g/mol. The minimum absolute atomic E-state index is 0.0159. The molecule has 6 heteroatoms. The van der Waals surface area contributed by atoms with Gasteiger partial charge in [0.15, 0.2) is 4.34 Å². The van der Waals surface area contributed by atoms with E-state index in [4.69, 9.17) is 0 Å². The lowest BCUT2D eigenvalue weighted by atomic mass is 10.1. The van der Waals surface area contributed by atoms with Gasteiger partial charge in [-0.15, -0.1) is 11.3 Å². The Kier molecular flexibility index (Phi) is 5.69. The van der Waals surface area contributed by atoms with Crippen LogP contribution in [0.1, 0.15) is 21.5 Å². The second kappa shape index (κ2) is 8.54. The SMILES string of the molecule is CN(Cc1ccncc1)C(=O)c1ccc(CSc2nc3ccccc3s2)cc1. The zero-order valence-electron chi connectivity index (χ0n) is 15.4. The van der Waals surface area contributed by atoms with Crippen molar-refractivity contribution in [3.63, 3.8) is 0 Å². The first-order chi connectivity index (χ1) is 13.7. The quantitative estimate of drug-likeness (QED) is 0.411. The number of carbonyl (C=O) groups excluding carboxylic acids is 1. The molecule has 0 atom stereocenters. The van der Waals surface area contributed by atoms with Gasteiger partial charge in [0.1, 0.15) is 0 Å². The molecule has 2 aromatic carbocycles. The van der Waals surface area contributed by atoms with Crippen molar-refractivity contribution in [1.29, 1.82) is 0 Å². The molecule has 0 radical (unpaired) electrons. The van der Waals surface area contributed by atoms with E-state index in [0.29, 0.717) is 12.1 Å². The summed E-state index contributed by atoms with van der Waals surface area (Å²) in [5.74, 6) is 0.850. The molecule has 0 aliphatic carbocycles. The average Bonchev–Trinajstić information content (AvgIpc) is 3.16. The molecule has 4 aromatic rings. The Morgan fingerprint density at radius 3 is 2.50 bits per heavy atom. The van der Waals surface area contributed by atoms with Crippen LogP contribution in [0.5, 0.6) is 0 Å². The van der Waals surface area contributed by atoms with E-state index >= 15 is 0 Å². The van der Waals surface area contributed by atoms with Gasteiger partial charge in [-0.3, -0.25) is 9.78 Å². The fourth-order valence-corrected chi connectivity index (χ4v) is 4.88.